The summed E-state index contributed by atoms with van der Waals surface area (Å²) in [6.07, 6.45) is 8.83. The number of hydrogen-bond acceptors (Lipinski definition) is 1. The van der Waals surface area contributed by atoms with Crippen LogP contribution in [0.25, 0.3) is 0 Å². The van der Waals surface area contributed by atoms with E-state index in [1.807, 2.05) is 0 Å². The summed E-state index contributed by atoms with van der Waals surface area (Å²) in [6, 6.07) is 0.455. The predicted octanol–water partition coefficient (Wildman–Crippen LogP) is 2.90. The van der Waals surface area contributed by atoms with Crippen LogP contribution in [0, 0.1) is 10.8 Å². The first kappa shape index (κ1) is 12.1. The van der Waals surface area contributed by atoms with Crippen molar-refractivity contribution in [2.45, 2.75) is 52.0 Å². The molecule has 0 heterocycles. The van der Waals surface area contributed by atoms with Crippen LogP contribution in [0.4, 0.5) is 0 Å². The average molecular weight is 235 g/mol. The molecule has 0 aromatic heterocycles. The summed E-state index contributed by atoms with van der Waals surface area (Å²) in [6.45, 7) is 14.7. The van der Waals surface area contributed by atoms with Crippen molar-refractivity contribution in [3.63, 3.8) is 0 Å². The van der Waals surface area contributed by atoms with Gasteiger partial charge in [0.25, 0.3) is 0 Å². The average Bonchev–Trinajstić information content (AvgIpc) is 2.61. The normalized spacial score (nSPS) is 28.9. The molecule has 0 aromatic carbocycles. The summed E-state index contributed by atoms with van der Waals surface area (Å²) < 4.78 is 0. The molecule has 0 spiro atoms. The van der Waals surface area contributed by atoms with E-state index in [2.05, 4.69) is 70.4 Å². The van der Waals surface area contributed by atoms with Crippen molar-refractivity contribution in [2.24, 2.45) is 10.8 Å². The minimum atomic E-state index is -0.754. The molecule has 0 aromatic rings. The van der Waals surface area contributed by atoms with E-state index >= 15 is 0 Å². The molecule has 0 radical (unpaired) electrons. The molecule has 1 saturated carbocycles. The van der Waals surface area contributed by atoms with Gasteiger partial charge in [0.1, 0.15) is 0 Å². The maximum absolute atomic E-state index is 3.93. The maximum atomic E-state index is 3.93. The van der Waals surface area contributed by atoms with Crippen LogP contribution >= 0.6 is 0 Å². The molecule has 0 atom stereocenters. The van der Waals surface area contributed by atoms with Gasteiger partial charge in [0.05, 0.1) is 8.80 Å². The Morgan fingerprint density at radius 1 is 0.938 bits per heavy atom. The molecule has 0 saturated heterocycles. The third-order valence-corrected chi connectivity index (χ3v) is 8.82. The van der Waals surface area contributed by atoms with Gasteiger partial charge in [-0.05, 0) is 10.8 Å². The lowest BCUT2D eigenvalue weighted by Crippen LogP contribution is -2.51. The minimum Gasteiger partial charge on any atom is -0.304 e. The van der Waals surface area contributed by atoms with Gasteiger partial charge in [-0.25, -0.2) is 0 Å². The molecular weight excluding hydrogens is 210 g/mol. The fraction of sp³-hybridized carbons (Fsp3) is 0.714. The largest absolute Gasteiger partial charge is 0.304 e. The summed E-state index contributed by atoms with van der Waals surface area (Å²) in [5.74, 6) is 0. The van der Waals surface area contributed by atoms with Gasteiger partial charge in [-0.2, -0.15) is 0 Å². The Kier molecular flexibility index (Phi) is 2.52. The Bertz CT molecular complexity index is 324. The van der Waals surface area contributed by atoms with E-state index in [0.717, 1.165) is 0 Å². The van der Waals surface area contributed by atoms with Crippen LogP contribution < -0.4 is 5.32 Å². The van der Waals surface area contributed by atoms with Crippen LogP contribution in [-0.2, 0) is 0 Å². The van der Waals surface area contributed by atoms with Crippen LogP contribution in [0.15, 0.2) is 24.3 Å². The van der Waals surface area contributed by atoms with Gasteiger partial charge < -0.3 is 5.32 Å². The fourth-order valence-corrected chi connectivity index (χ4v) is 8.18. The Balaban J connectivity index is 2.26. The van der Waals surface area contributed by atoms with Crippen LogP contribution in [0.1, 0.15) is 27.7 Å². The van der Waals surface area contributed by atoms with Gasteiger partial charge in [-0.3, -0.25) is 0 Å². The molecule has 2 heteroatoms. The van der Waals surface area contributed by atoms with Crippen molar-refractivity contribution in [1.82, 2.24) is 5.32 Å². The van der Waals surface area contributed by atoms with Gasteiger partial charge in [0.15, 0.2) is 0 Å². The molecule has 1 N–H and O–H groups in total. The number of nitrogens with one attached hydrogen (secondary N) is 1. The quantitative estimate of drug-likeness (QED) is 0.742. The standard InChI is InChI=1S/C14H25NSi/c1-12(2)13(3,4)14(12,16(5)6)15-11-9-7-8-10-11/h7-11,15-16H,1-6H3. The van der Waals surface area contributed by atoms with Crippen LogP contribution in [-0.4, -0.2) is 20.0 Å². The monoisotopic (exact) mass is 235 g/mol. The first-order valence-electron chi connectivity index (χ1n) is 6.40. The lowest BCUT2D eigenvalue weighted by Gasteiger charge is -2.29. The molecule has 0 aliphatic heterocycles. The number of rotatable bonds is 3. The second-order valence-corrected chi connectivity index (χ2v) is 9.83. The summed E-state index contributed by atoms with van der Waals surface area (Å²) in [4.78, 5) is 0. The second kappa shape index (κ2) is 3.33. The highest BCUT2D eigenvalue weighted by Crippen LogP contribution is 2.72. The van der Waals surface area contributed by atoms with Gasteiger partial charge in [0, 0.05) is 11.2 Å². The molecule has 16 heavy (non-hydrogen) atoms. The smallest absolute Gasteiger partial charge is 0.0559 e. The van der Waals surface area contributed by atoms with E-state index < -0.39 is 8.80 Å². The first-order valence-corrected chi connectivity index (χ1v) is 9.29. The lowest BCUT2D eigenvalue weighted by atomic mass is 10.0. The van der Waals surface area contributed by atoms with Crippen molar-refractivity contribution >= 4 is 8.80 Å². The van der Waals surface area contributed by atoms with E-state index in [0.29, 0.717) is 22.0 Å². The Hall–Kier alpha value is -0.343. The Morgan fingerprint density at radius 3 is 1.69 bits per heavy atom. The zero-order valence-electron chi connectivity index (χ0n) is 11.5. The van der Waals surface area contributed by atoms with Gasteiger partial charge in [-0.1, -0.05) is 65.1 Å². The van der Waals surface area contributed by atoms with E-state index in [4.69, 9.17) is 0 Å². The van der Waals surface area contributed by atoms with E-state index in [9.17, 15) is 0 Å². The minimum absolute atomic E-state index is 0.393. The zero-order valence-corrected chi connectivity index (χ0v) is 12.6. The lowest BCUT2D eigenvalue weighted by molar-refractivity contribution is 0.457. The van der Waals surface area contributed by atoms with Crippen LogP contribution in [0.2, 0.25) is 13.1 Å². The molecule has 1 fully saturated rings. The molecule has 1 nitrogen and oxygen atoms in total. The molecule has 0 amide bonds. The Morgan fingerprint density at radius 2 is 1.38 bits per heavy atom. The van der Waals surface area contributed by atoms with E-state index in [1.54, 1.807) is 0 Å². The highest BCUT2D eigenvalue weighted by Gasteiger charge is 2.77. The van der Waals surface area contributed by atoms with Crippen molar-refractivity contribution in [2.75, 3.05) is 0 Å². The molecule has 0 bridgehead atoms. The first-order chi connectivity index (χ1) is 7.27. The molecule has 2 aliphatic carbocycles. The van der Waals surface area contributed by atoms with E-state index in [1.165, 1.54) is 0 Å². The molecule has 90 valence electrons. The maximum Gasteiger partial charge on any atom is 0.0559 e. The Labute approximate surface area is 102 Å². The van der Waals surface area contributed by atoms with Crippen molar-refractivity contribution in [1.29, 1.82) is 0 Å². The summed E-state index contributed by atoms with van der Waals surface area (Å²) in [5, 5.41) is 4.33. The predicted molar refractivity (Wildman–Crippen MR) is 74.4 cm³/mol. The fourth-order valence-electron chi connectivity index (χ4n) is 4.12. The summed E-state index contributed by atoms with van der Waals surface area (Å²) >= 11 is 0. The summed E-state index contributed by atoms with van der Waals surface area (Å²) in [7, 11) is -0.754. The number of hydrogen-bond donors (Lipinski definition) is 1. The highest BCUT2D eigenvalue weighted by molar-refractivity contribution is 6.61. The van der Waals surface area contributed by atoms with Crippen molar-refractivity contribution in [3.8, 4) is 0 Å². The zero-order chi connectivity index (χ0) is 12.2. The van der Waals surface area contributed by atoms with Gasteiger partial charge in [-0.15, -0.1) is 0 Å². The van der Waals surface area contributed by atoms with Crippen LogP contribution in [0.5, 0.6) is 0 Å². The second-order valence-electron chi connectivity index (χ2n) is 6.65. The van der Waals surface area contributed by atoms with Crippen molar-refractivity contribution in [3.05, 3.63) is 24.3 Å². The molecule has 0 unspecified atom stereocenters. The SMILES string of the molecule is C[SiH](C)C1(NC2C=CC=C2)C(C)(C)C1(C)C. The topological polar surface area (TPSA) is 12.0 Å². The molecule has 2 aliphatic rings. The van der Waals surface area contributed by atoms with Crippen molar-refractivity contribution < 1.29 is 0 Å². The van der Waals surface area contributed by atoms with E-state index in [-0.39, 0.29) is 0 Å². The summed E-state index contributed by atoms with van der Waals surface area (Å²) in [5.41, 5.74) is 0.843. The number of allylic oxidation sites excluding steroid dienone is 2. The third-order valence-electron chi connectivity index (χ3n) is 5.48. The van der Waals surface area contributed by atoms with Gasteiger partial charge in [0.2, 0.25) is 0 Å². The van der Waals surface area contributed by atoms with Crippen LogP contribution in [0.3, 0.4) is 0 Å². The molecular formula is C14H25NSi. The molecule has 2 rings (SSSR count). The highest BCUT2D eigenvalue weighted by atomic mass is 28.3. The third kappa shape index (κ3) is 1.20. The van der Waals surface area contributed by atoms with Gasteiger partial charge >= 0.3 is 0 Å².